The highest BCUT2D eigenvalue weighted by Crippen LogP contribution is 2.20. The minimum Gasteiger partial charge on any atom is -0.373 e. The maximum absolute atomic E-state index is 5.78. The molecule has 1 aliphatic heterocycles. The first-order chi connectivity index (χ1) is 11.7. The summed E-state index contributed by atoms with van der Waals surface area (Å²) in [6.07, 6.45) is 3.76. The van der Waals surface area contributed by atoms with Gasteiger partial charge in [0.25, 0.3) is 0 Å². The standard InChI is InChI=1S/C19H28N4O/c1-15-13-23(14-16(2)24-15)10-6-9-20-11-18-12-21-22-19(18)17-7-4-3-5-8-17/h3-5,7-8,12,15-16,20H,6,9-11,13-14H2,1-2H3,(H,21,22)/t15-,16-/m1/s1. The Morgan fingerprint density at radius 1 is 1.21 bits per heavy atom. The summed E-state index contributed by atoms with van der Waals surface area (Å²) >= 11 is 0. The summed E-state index contributed by atoms with van der Waals surface area (Å²) < 4.78 is 5.78. The summed E-state index contributed by atoms with van der Waals surface area (Å²) in [5, 5.41) is 10.9. The van der Waals surface area contributed by atoms with E-state index < -0.39 is 0 Å². The van der Waals surface area contributed by atoms with Gasteiger partial charge in [-0.05, 0) is 38.9 Å². The molecule has 0 radical (unpaired) electrons. The van der Waals surface area contributed by atoms with E-state index in [0.29, 0.717) is 12.2 Å². The van der Waals surface area contributed by atoms with Crippen LogP contribution in [-0.2, 0) is 11.3 Å². The van der Waals surface area contributed by atoms with Crippen molar-refractivity contribution in [3.63, 3.8) is 0 Å². The van der Waals surface area contributed by atoms with Crippen molar-refractivity contribution >= 4 is 0 Å². The fraction of sp³-hybridized carbons (Fsp3) is 0.526. The largest absolute Gasteiger partial charge is 0.373 e. The number of aromatic amines is 1. The molecule has 130 valence electrons. The first-order valence-corrected chi connectivity index (χ1v) is 8.88. The van der Waals surface area contributed by atoms with Crippen molar-refractivity contribution in [1.29, 1.82) is 0 Å². The van der Waals surface area contributed by atoms with Gasteiger partial charge in [-0.1, -0.05) is 30.3 Å². The molecule has 0 aliphatic carbocycles. The SMILES string of the molecule is C[C@@H]1CN(CCCNCc2cn[nH]c2-c2ccccc2)C[C@@H](C)O1. The third-order valence-corrected chi connectivity index (χ3v) is 4.42. The van der Waals surface area contributed by atoms with Crippen LogP contribution < -0.4 is 5.32 Å². The zero-order valence-corrected chi connectivity index (χ0v) is 14.7. The van der Waals surface area contributed by atoms with Crippen LogP contribution in [0.2, 0.25) is 0 Å². The van der Waals surface area contributed by atoms with Gasteiger partial charge in [0.15, 0.2) is 0 Å². The number of hydrogen-bond acceptors (Lipinski definition) is 4. The molecule has 0 amide bonds. The summed E-state index contributed by atoms with van der Waals surface area (Å²) in [7, 11) is 0. The van der Waals surface area contributed by atoms with Gasteiger partial charge in [0.05, 0.1) is 24.1 Å². The molecule has 0 bridgehead atoms. The van der Waals surface area contributed by atoms with Gasteiger partial charge in [-0.2, -0.15) is 5.10 Å². The lowest BCUT2D eigenvalue weighted by molar-refractivity contribution is -0.0680. The van der Waals surface area contributed by atoms with E-state index in [1.54, 1.807) is 0 Å². The lowest BCUT2D eigenvalue weighted by atomic mass is 10.1. The number of benzene rings is 1. The van der Waals surface area contributed by atoms with E-state index >= 15 is 0 Å². The maximum atomic E-state index is 5.78. The Balaban J connectivity index is 1.41. The van der Waals surface area contributed by atoms with E-state index in [-0.39, 0.29) is 0 Å². The van der Waals surface area contributed by atoms with Crippen molar-refractivity contribution in [2.24, 2.45) is 0 Å². The minimum absolute atomic E-state index is 0.348. The van der Waals surface area contributed by atoms with Crippen LogP contribution in [0.4, 0.5) is 0 Å². The molecule has 1 fully saturated rings. The summed E-state index contributed by atoms with van der Waals surface area (Å²) in [6, 6.07) is 10.4. The second-order valence-corrected chi connectivity index (χ2v) is 6.68. The number of rotatable bonds is 7. The summed E-state index contributed by atoms with van der Waals surface area (Å²) in [6.45, 7) is 9.39. The average molecular weight is 328 g/mol. The smallest absolute Gasteiger partial charge is 0.0695 e. The predicted molar refractivity (Wildman–Crippen MR) is 96.8 cm³/mol. The molecule has 3 rings (SSSR count). The normalized spacial score (nSPS) is 21.9. The van der Waals surface area contributed by atoms with E-state index in [9.17, 15) is 0 Å². The monoisotopic (exact) mass is 328 g/mol. The molecule has 24 heavy (non-hydrogen) atoms. The highest BCUT2D eigenvalue weighted by atomic mass is 16.5. The number of aromatic nitrogens is 2. The molecule has 5 nitrogen and oxygen atoms in total. The minimum atomic E-state index is 0.348. The molecule has 2 heterocycles. The van der Waals surface area contributed by atoms with Crippen LogP contribution in [0.25, 0.3) is 11.3 Å². The van der Waals surface area contributed by atoms with Gasteiger partial charge >= 0.3 is 0 Å². The van der Waals surface area contributed by atoms with Crippen molar-refractivity contribution in [3.05, 3.63) is 42.1 Å². The topological polar surface area (TPSA) is 53.2 Å². The Bertz CT molecular complexity index is 603. The van der Waals surface area contributed by atoms with Gasteiger partial charge in [0.1, 0.15) is 0 Å². The number of ether oxygens (including phenoxy) is 1. The van der Waals surface area contributed by atoms with Gasteiger partial charge in [-0.25, -0.2) is 0 Å². The Morgan fingerprint density at radius 3 is 2.71 bits per heavy atom. The van der Waals surface area contributed by atoms with E-state index in [1.807, 2.05) is 12.3 Å². The number of H-pyrrole nitrogens is 1. The number of hydrogen-bond donors (Lipinski definition) is 2. The van der Waals surface area contributed by atoms with Crippen LogP contribution in [0.3, 0.4) is 0 Å². The zero-order chi connectivity index (χ0) is 16.8. The Labute approximate surface area is 144 Å². The predicted octanol–water partition coefficient (Wildman–Crippen LogP) is 2.67. The molecular weight excluding hydrogens is 300 g/mol. The van der Waals surface area contributed by atoms with Crippen LogP contribution in [0.15, 0.2) is 36.5 Å². The lowest BCUT2D eigenvalue weighted by Gasteiger charge is -2.35. The van der Waals surface area contributed by atoms with E-state index in [2.05, 4.69) is 58.5 Å². The third-order valence-electron chi connectivity index (χ3n) is 4.42. The molecule has 2 atom stereocenters. The first kappa shape index (κ1) is 17.1. The molecule has 0 spiro atoms. The highest BCUT2D eigenvalue weighted by molar-refractivity contribution is 5.62. The van der Waals surface area contributed by atoms with Gasteiger partial charge in [-0.15, -0.1) is 0 Å². The van der Waals surface area contributed by atoms with Gasteiger partial charge in [0.2, 0.25) is 0 Å². The van der Waals surface area contributed by atoms with Crippen molar-refractivity contribution in [2.75, 3.05) is 26.2 Å². The molecule has 0 saturated carbocycles. The number of nitrogens with zero attached hydrogens (tertiary/aromatic N) is 2. The van der Waals surface area contributed by atoms with Crippen LogP contribution >= 0.6 is 0 Å². The summed E-state index contributed by atoms with van der Waals surface area (Å²) in [5.74, 6) is 0. The van der Waals surface area contributed by atoms with Crippen molar-refractivity contribution in [2.45, 2.75) is 39.0 Å². The van der Waals surface area contributed by atoms with Gasteiger partial charge < -0.3 is 10.1 Å². The fourth-order valence-corrected chi connectivity index (χ4v) is 3.42. The van der Waals surface area contributed by atoms with Gasteiger partial charge in [-0.3, -0.25) is 10.00 Å². The molecule has 0 unspecified atom stereocenters. The third kappa shape index (κ3) is 4.66. The quantitative estimate of drug-likeness (QED) is 0.767. The van der Waals surface area contributed by atoms with Crippen molar-refractivity contribution < 1.29 is 4.74 Å². The van der Waals surface area contributed by atoms with Crippen molar-refractivity contribution in [3.8, 4) is 11.3 Å². The Morgan fingerprint density at radius 2 is 1.96 bits per heavy atom. The highest BCUT2D eigenvalue weighted by Gasteiger charge is 2.21. The number of morpholine rings is 1. The van der Waals surface area contributed by atoms with Crippen molar-refractivity contribution in [1.82, 2.24) is 20.4 Å². The molecule has 1 aliphatic rings. The lowest BCUT2D eigenvalue weighted by Crippen LogP contribution is -2.46. The van der Waals surface area contributed by atoms with Crippen LogP contribution in [0, 0.1) is 0 Å². The fourth-order valence-electron chi connectivity index (χ4n) is 3.42. The second kappa shape index (κ2) is 8.42. The number of nitrogens with one attached hydrogen (secondary N) is 2. The maximum Gasteiger partial charge on any atom is 0.0695 e. The Hall–Kier alpha value is -1.69. The zero-order valence-electron chi connectivity index (χ0n) is 14.7. The van der Waals surface area contributed by atoms with Crippen LogP contribution in [0.1, 0.15) is 25.8 Å². The molecule has 2 aromatic rings. The molecule has 1 aromatic carbocycles. The average Bonchev–Trinajstić information content (AvgIpc) is 3.03. The van der Waals surface area contributed by atoms with Gasteiger partial charge in [0, 0.05) is 25.2 Å². The molecule has 1 aromatic heterocycles. The van der Waals surface area contributed by atoms with E-state index in [4.69, 9.17) is 4.74 Å². The summed E-state index contributed by atoms with van der Waals surface area (Å²) in [5.41, 5.74) is 3.51. The molecule has 2 N–H and O–H groups in total. The first-order valence-electron chi connectivity index (χ1n) is 8.88. The molecule has 5 heteroatoms. The van der Waals surface area contributed by atoms with Crippen LogP contribution in [0.5, 0.6) is 0 Å². The molecule has 1 saturated heterocycles. The molecular formula is C19H28N4O. The van der Waals surface area contributed by atoms with Crippen LogP contribution in [-0.4, -0.2) is 53.5 Å². The van der Waals surface area contributed by atoms with E-state index in [0.717, 1.165) is 44.8 Å². The summed E-state index contributed by atoms with van der Waals surface area (Å²) in [4.78, 5) is 2.51. The second-order valence-electron chi connectivity index (χ2n) is 6.68. The van der Waals surface area contributed by atoms with E-state index in [1.165, 1.54) is 11.1 Å². The Kier molecular flexibility index (Phi) is 6.01.